The van der Waals surface area contributed by atoms with Gasteiger partial charge in [0.2, 0.25) is 0 Å². The molecule has 0 aliphatic heterocycles. The molecule has 0 aromatic carbocycles. The number of aliphatic carboxylic acids is 1. The Morgan fingerprint density at radius 1 is 1.25 bits per heavy atom. The average Bonchev–Trinajstić information content (AvgIpc) is 2.00. The number of carboxylic acids is 1. The van der Waals surface area contributed by atoms with Crippen LogP contribution in [-0.4, -0.2) is 93.0 Å². The molecule has 0 radical (unpaired) electrons. The molecule has 8 heteroatoms. The van der Waals surface area contributed by atoms with E-state index in [0.717, 1.165) is 8.05 Å². The van der Waals surface area contributed by atoms with Crippen LogP contribution in [0, 0.1) is 0 Å². The third kappa shape index (κ3) is 4.44. The number of aliphatic hydroxyl groups excluding tert-OH is 2. The Labute approximate surface area is 106 Å². The van der Waals surface area contributed by atoms with Crippen molar-refractivity contribution in [1.29, 1.82) is 0 Å². The number of rotatable bonds is 3. The quantitative estimate of drug-likeness (QED) is 0.441. The van der Waals surface area contributed by atoms with Crippen LogP contribution in [0.4, 0.5) is 0 Å². The van der Waals surface area contributed by atoms with E-state index in [4.69, 9.17) is 15.3 Å². The standard InChI is InChI=1S/C4H7BO6.Sr.2H/c5-11-4(10)2(7)1(6)3(8)9;;;/h1-2,6-7H,5H2,(H,8,9);;;. The second-order valence-electron chi connectivity index (χ2n) is 1.75. The van der Waals surface area contributed by atoms with Crippen LogP contribution < -0.4 is 0 Å². The van der Waals surface area contributed by atoms with Crippen molar-refractivity contribution in [3.63, 3.8) is 0 Å². The summed E-state index contributed by atoms with van der Waals surface area (Å²) in [5, 5.41) is 25.3. The minimum absolute atomic E-state index is 0. The Morgan fingerprint density at radius 3 is 1.92 bits per heavy atom. The van der Waals surface area contributed by atoms with Gasteiger partial charge in [-0.2, -0.15) is 0 Å². The summed E-state index contributed by atoms with van der Waals surface area (Å²) in [5.41, 5.74) is 0. The molecule has 12 heavy (non-hydrogen) atoms. The van der Waals surface area contributed by atoms with Crippen LogP contribution in [0.5, 0.6) is 0 Å². The molecule has 0 saturated heterocycles. The summed E-state index contributed by atoms with van der Waals surface area (Å²) in [5.74, 6) is -2.86. The summed E-state index contributed by atoms with van der Waals surface area (Å²) in [6, 6.07) is 0. The Balaban J connectivity index is 0. The van der Waals surface area contributed by atoms with E-state index in [1.54, 1.807) is 0 Å². The summed E-state index contributed by atoms with van der Waals surface area (Å²) >= 11 is 0. The van der Waals surface area contributed by atoms with Gasteiger partial charge in [-0.25, -0.2) is 4.79 Å². The molecule has 0 aromatic rings. The first kappa shape index (κ1) is 14.9. The van der Waals surface area contributed by atoms with Gasteiger partial charge in [0.05, 0.1) is 0 Å². The fraction of sp³-hybridized carbons (Fsp3) is 0.500. The van der Waals surface area contributed by atoms with Crippen molar-refractivity contribution in [3.8, 4) is 0 Å². The minimum atomic E-state index is -2.14. The van der Waals surface area contributed by atoms with E-state index in [2.05, 4.69) is 4.65 Å². The molecule has 0 rings (SSSR count). The van der Waals surface area contributed by atoms with Crippen molar-refractivity contribution in [2.75, 3.05) is 0 Å². The van der Waals surface area contributed by atoms with Crippen molar-refractivity contribution in [1.82, 2.24) is 0 Å². The van der Waals surface area contributed by atoms with Gasteiger partial charge in [-0.15, -0.1) is 0 Å². The van der Waals surface area contributed by atoms with Gasteiger partial charge in [0.15, 0.2) is 12.2 Å². The number of hydrogen-bond donors (Lipinski definition) is 3. The van der Waals surface area contributed by atoms with E-state index in [-0.39, 0.29) is 45.5 Å². The van der Waals surface area contributed by atoms with Gasteiger partial charge >= 0.3 is 65.5 Å². The van der Waals surface area contributed by atoms with Crippen LogP contribution in [-0.2, 0) is 14.2 Å². The van der Waals surface area contributed by atoms with E-state index >= 15 is 0 Å². The van der Waals surface area contributed by atoms with Gasteiger partial charge in [-0.1, -0.05) is 0 Å². The van der Waals surface area contributed by atoms with E-state index in [1.807, 2.05) is 0 Å². The van der Waals surface area contributed by atoms with Gasteiger partial charge in [-0.05, 0) is 0 Å². The molecule has 3 N–H and O–H groups in total. The second-order valence-corrected chi connectivity index (χ2v) is 1.75. The first-order chi connectivity index (χ1) is 5.00. The zero-order valence-electron chi connectivity index (χ0n) is 5.72. The van der Waals surface area contributed by atoms with E-state index in [9.17, 15) is 9.59 Å². The van der Waals surface area contributed by atoms with Crippen molar-refractivity contribution in [3.05, 3.63) is 0 Å². The summed E-state index contributed by atoms with van der Waals surface area (Å²) in [7, 11) is 0.972. The fourth-order valence-electron chi connectivity index (χ4n) is 0.385. The fourth-order valence-corrected chi connectivity index (χ4v) is 0.385. The number of carboxylic acid groups (broad SMARTS) is 1. The Bertz CT molecular complexity index is 173. The molecule has 0 saturated carbocycles. The van der Waals surface area contributed by atoms with Crippen molar-refractivity contribution in [2.45, 2.75) is 12.2 Å². The monoisotopic (exact) mass is 252 g/mol. The molecule has 66 valence electrons. The van der Waals surface area contributed by atoms with E-state index < -0.39 is 24.1 Å². The van der Waals surface area contributed by atoms with Gasteiger partial charge in [-0.3, -0.25) is 4.79 Å². The molecule has 0 fully saturated rings. The first-order valence-corrected chi connectivity index (χ1v) is 2.67. The molecule has 0 aromatic heterocycles. The average molecular weight is 252 g/mol. The van der Waals surface area contributed by atoms with Gasteiger partial charge in [0, 0.05) is 0 Å². The third-order valence-corrected chi connectivity index (χ3v) is 0.995. The molecule has 6 nitrogen and oxygen atoms in total. The van der Waals surface area contributed by atoms with Crippen LogP contribution in [0.3, 0.4) is 0 Å². The van der Waals surface area contributed by atoms with Crippen LogP contribution in [0.15, 0.2) is 0 Å². The van der Waals surface area contributed by atoms with Gasteiger partial charge in [0.25, 0.3) is 0 Å². The number of aliphatic hydroxyl groups is 2. The zero-order valence-corrected chi connectivity index (χ0v) is 5.72. The molecule has 2 unspecified atom stereocenters. The molecule has 0 bridgehead atoms. The third-order valence-electron chi connectivity index (χ3n) is 0.995. The van der Waals surface area contributed by atoms with Crippen molar-refractivity contribution in [2.24, 2.45) is 0 Å². The van der Waals surface area contributed by atoms with Crippen LogP contribution in [0.1, 0.15) is 0 Å². The van der Waals surface area contributed by atoms with E-state index in [1.165, 1.54) is 0 Å². The van der Waals surface area contributed by atoms with Gasteiger partial charge in [0.1, 0.15) is 0 Å². The predicted molar refractivity (Wildman–Crippen MR) is 42.8 cm³/mol. The van der Waals surface area contributed by atoms with Crippen molar-refractivity contribution >= 4 is 65.5 Å². The second kappa shape index (κ2) is 6.87. The summed E-state index contributed by atoms with van der Waals surface area (Å²) < 4.78 is 3.97. The Morgan fingerprint density at radius 2 is 1.67 bits per heavy atom. The summed E-state index contributed by atoms with van der Waals surface area (Å²) in [6.07, 6.45) is -4.17. The van der Waals surface area contributed by atoms with Crippen LogP contribution in [0.2, 0.25) is 0 Å². The van der Waals surface area contributed by atoms with Crippen molar-refractivity contribution < 1.29 is 29.6 Å². The molecular weight excluding hydrogens is 242 g/mol. The molecule has 0 amide bonds. The maximum atomic E-state index is 10.4. The predicted octanol–water partition coefficient (Wildman–Crippen LogP) is -4.03. The number of carbonyl (C=O) groups excluding carboxylic acids is 1. The molecular formula is C4H9BO6Sr. The zero-order chi connectivity index (χ0) is 9.02. The number of carbonyl (C=O) groups is 2. The van der Waals surface area contributed by atoms with Gasteiger partial charge < -0.3 is 20.0 Å². The Kier molecular flexibility index (Phi) is 8.54. The normalized spacial score (nSPS) is 13.8. The van der Waals surface area contributed by atoms with Crippen LogP contribution >= 0.6 is 0 Å². The Hall–Kier alpha value is 0.405. The van der Waals surface area contributed by atoms with Crippen LogP contribution in [0.25, 0.3) is 0 Å². The topological polar surface area (TPSA) is 104 Å². The maximum absolute atomic E-state index is 10.4. The summed E-state index contributed by atoms with van der Waals surface area (Å²) in [6.45, 7) is 0. The SMILES string of the molecule is BOC(=O)C(O)C(O)C(=O)O.[SrH2]. The van der Waals surface area contributed by atoms with E-state index in [0.29, 0.717) is 0 Å². The molecule has 0 aliphatic carbocycles. The number of hydrogen-bond acceptors (Lipinski definition) is 5. The molecule has 2 atom stereocenters. The first-order valence-electron chi connectivity index (χ1n) is 2.67. The molecule has 0 spiro atoms. The molecule has 0 aliphatic rings. The molecule has 0 heterocycles. The summed E-state index contributed by atoms with van der Waals surface area (Å²) in [4.78, 5) is 20.3.